The second-order valence-electron chi connectivity index (χ2n) is 8.91. The van der Waals surface area contributed by atoms with Crippen LogP contribution in [0.4, 0.5) is 4.79 Å². The van der Waals surface area contributed by atoms with E-state index in [9.17, 15) is 14.4 Å². The van der Waals surface area contributed by atoms with Gasteiger partial charge in [0.1, 0.15) is 12.2 Å². The molecule has 2 heterocycles. The fraction of sp³-hybridized carbons (Fsp3) is 0.571. The number of fused-ring (bicyclic) bond motifs is 1. The third-order valence-corrected chi connectivity index (χ3v) is 5.48. The third-order valence-electron chi connectivity index (χ3n) is 5.48. The number of nitrogens with zero attached hydrogens (tertiary/aromatic N) is 1. The molecule has 146 valence electrons. The molecule has 2 fully saturated rings. The van der Waals surface area contributed by atoms with Gasteiger partial charge >= 0.3 is 12.1 Å². The van der Waals surface area contributed by atoms with E-state index in [0.717, 1.165) is 5.56 Å². The van der Waals surface area contributed by atoms with Gasteiger partial charge in [0.2, 0.25) is 5.91 Å². The van der Waals surface area contributed by atoms with Crippen LogP contribution in [0.2, 0.25) is 0 Å². The zero-order valence-corrected chi connectivity index (χ0v) is 16.5. The molecule has 6 nitrogen and oxygen atoms in total. The number of esters is 1. The number of amides is 2. The summed E-state index contributed by atoms with van der Waals surface area (Å²) in [4.78, 5) is 39.0. The fourth-order valence-electron chi connectivity index (χ4n) is 4.35. The smallest absolute Gasteiger partial charge is 0.417 e. The monoisotopic (exact) mass is 373 g/mol. The molecule has 1 unspecified atom stereocenters. The Balaban J connectivity index is 1.99. The molecule has 1 aromatic carbocycles. The molecule has 0 saturated carbocycles. The molecule has 0 N–H and O–H groups in total. The number of piperidine rings is 1. The van der Waals surface area contributed by atoms with Crippen molar-refractivity contribution in [2.45, 2.75) is 58.6 Å². The molecular formula is C21H27NO5. The van der Waals surface area contributed by atoms with Gasteiger partial charge in [-0.25, -0.2) is 9.69 Å². The normalized spacial score (nSPS) is 27.1. The molecule has 2 aliphatic heterocycles. The first-order valence-corrected chi connectivity index (χ1v) is 9.29. The highest BCUT2D eigenvalue weighted by atomic mass is 16.6. The van der Waals surface area contributed by atoms with E-state index in [4.69, 9.17) is 9.47 Å². The van der Waals surface area contributed by atoms with Crippen LogP contribution in [0.15, 0.2) is 30.3 Å². The Morgan fingerprint density at radius 2 is 1.85 bits per heavy atom. The largest absolute Gasteiger partial charge is 0.460 e. The SMILES string of the molecule is CC(C)(C)OC(=O)C[C@@H]1C(=O)N2C(=O)OC[C@@H]2C(c2ccccc2)C1(C)C. The highest BCUT2D eigenvalue weighted by Crippen LogP contribution is 2.52. The van der Waals surface area contributed by atoms with Gasteiger partial charge in [0.15, 0.2) is 0 Å². The van der Waals surface area contributed by atoms with Crippen LogP contribution in [0.25, 0.3) is 0 Å². The van der Waals surface area contributed by atoms with Gasteiger partial charge in [0.25, 0.3) is 0 Å². The van der Waals surface area contributed by atoms with Crippen LogP contribution in [0.1, 0.15) is 52.5 Å². The van der Waals surface area contributed by atoms with Crippen LogP contribution >= 0.6 is 0 Å². The van der Waals surface area contributed by atoms with E-state index in [2.05, 4.69) is 0 Å². The van der Waals surface area contributed by atoms with E-state index < -0.39 is 29.0 Å². The van der Waals surface area contributed by atoms with Gasteiger partial charge < -0.3 is 9.47 Å². The number of hydrogen-bond donors (Lipinski definition) is 0. The van der Waals surface area contributed by atoms with Crippen molar-refractivity contribution in [1.29, 1.82) is 0 Å². The Morgan fingerprint density at radius 3 is 2.44 bits per heavy atom. The van der Waals surface area contributed by atoms with Gasteiger partial charge in [-0.15, -0.1) is 0 Å². The Morgan fingerprint density at radius 1 is 1.22 bits per heavy atom. The van der Waals surface area contributed by atoms with E-state index in [1.54, 1.807) is 20.8 Å². The molecule has 0 radical (unpaired) electrons. The minimum atomic E-state index is -0.667. The predicted octanol–water partition coefficient (Wildman–Crippen LogP) is 3.51. The maximum absolute atomic E-state index is 13.1. The molecule has 0 bridgehead atoms. The molecule has 6 heteroatoms. The Labute approximate surface area is 159 Å². The quantitative estimate of drug-likeness (QED) is 0.758. The molecule has 27 heavy (non-hydrogen) atoms. The Kier molecular flexibility index (Phi) is 4.78. The van der Waals surface area contributed by atoms with E-state index in [1.165, 1.54) is 4.90 Å². The fourth-order valence-corrected chi connectivity index (χ4v) is 4.35. The van der Waals surface area contributed by atoms with E-state index in [1.807, 2.05) is 44.2 Å². The lowest BCUT2D eigenvalue weighted by Crippen LogP contribution is -2.58. The van der Waals surface area contributed by atoms with Crippen LogP contribution in [0.3, 0.4) is 0 Å². The minimum absolute atomic E-state index is 0.0665. The molecule has 2 saturated heterocycles. The molecule has 3 rings (SSSR count). The first kappa shape index (κ1) is 19.4. The lowest BCUT2D eigenvalue weighted by Gasteiger charge is -2.49. The van der Waals surface area contributed by atoms with Crippen molar-refractivity contribution >= 4 is 18.0 Å². The predicted molar refractivity (Wildman–Crippen MR) is 98.9 cm³/mol. The lowest BCUT2D eigenvalue weighted by molar-refractivity contribution is -0.163. The summed E-state index contributed by atoms with van der Waals surface area (Å²) >= 11 is 0. The molecule has 2 amide bonds. The van der Waals surface area contributed by atoms with Gasteiger partial charge in [-0.1, -0.05) is 44.2 Å². The van der Waals surface area contributed by atoms with Crippen molar-refractivity contribution in [3.63, 3.8) is 0 Å². The van der Waals surface area contributed by atoms with Crippen LogP contribution in [-0.4, -0.2) is 41.1 Å². The summed E-state index contributed by atoms with van der Waals surface area (Å²) in [6, 6.07) is 9.43. The van der Waals surface area contributed by atoms with E-state index in [0.29, 0.717) is 0 Å². The summed E-state index contributed by atoms with van der Waals surface area (Å²) in [5.41, 5.74) is -0.158. The third kappa shape index (κ3) is 3.57. The van der Waals surface area contributed by atoms with Gasteiger partial charge in [0, 0.05) is 5.92 Å². The van der Waals surface area contributed by atoms with Gasteiger partial charge in [0.05, 0.1) is 18.4 Å². The molecule has 0 spiro atoms. The summed E-state index contributed by atoms with van der Waals surface area (Å²) in [5.74, 6) is -1.59. The highest BCUT2D eigenvalue weighted by Gasteiger charge is 2.59. The maximum atomic E-state index is 13.1. The van der Waals surface area contributed by atoms with Crippen molar-refractivity contribution in [2.24, 2.45) is 11.3 Å². The molecule has 1 aromatic rings. The summed E-state index contributed by atoms with van der Waals surface area (Å²) in [6.07, 6.45) is -0.696. The summed E-state index contributed by atoms with van der Waals surface area (Å²) < 4.78 is 10.6. The molecule has 0 aromatic heterocycles. The van der Waals surface area contributed by atoms with Gasteiger partial charge in [-0.3, -0.25) is 9.59 Å². The van der Waals surface area contributed by atoms with E-state index >= 15 is 0 Å². The molecule has 3 atom stereocenters. The number of carbonyl (C=O) groups is 3. The van der Waals surface area contributed by atoms with Crippen LogP contribution < -0.4 is 0 Å². The summed E-state index contributed by atoms with van der Waals surface area (Å²) in [5, 5.41) is 0. The Bertz CT molecular complexity index is 750. The number of cyclic esters (lactones) is 1. The van der Waals surface area contributed by atoms with Crippen molar-refractivity contribution < 1.29 is 23.9 Å². The topological polar surface area (TPSA) is 72.9 Å². The first-order valence-electron chi connectivity index (χ1n) is 9.29. The summed E-state index contributed by atoms with van der Waals surface area (Å²) in [6.45, 7) is 9.51. The summed E-state index contributed by atoms with van der Waals surface area (Å²) in [7, 11) is 0. The van der Waals surface area contributed by atoms with Crippen molar-refractivity contribution in [1.82, 2.24) is 4.90 Å². The van der Waals surface area contributed by atoms with Gasteiger partial charge in [-0.2, -0.15) is 0 Å². The average Bonchev–Trinajstić information content (AvgIpc) is 2.92. The standard InChI is InChI=1S/C21H27NO5/c1-20(2,3)27-16(23)11-14-18(24)22-15(12-26-19(22)25)17(21(14,4)5)13-9-7-6-8-10-13/h6-10,14-15,17H,11-12H2,1-5H3/t14-,15-,17?/m1/s1. The number of ether oxygens (including phenoxy) is 2. The van der Waals surface area contributed by atoms with Crippen molar-refractivity contribution in [3.8, 4) is 0 Å². The molecular weight excluding hydrogens is 346 g/mol. The first-order chi connectivity index (χ1) is 12.5. The number of hydrogen-bond acceptors (Lipinski definition) is 5. The molecule has 0 aliphatic carbocycles. The number of benzene rings is 1. The van der Waals surface area contributed by atoms with Crippen LogP contribution in [0, 0.1) is 11.3 Å². The lowest BCUT2D eigenvalue weighted by atomic mass is 9.60. The molecule has 2 aliphatic rings. The van der Waals surface area contributed by atoms with Crippen molar-refractivity contribution in [3.05, 3.63) is 35.9 Å². The second kappa shape index (κ2) is 6.66. The highest BCUT2D eigenvalue weighted by molar-refractivity contribution is 5.97. The zero-order chi connectivity index (χ0) is 20.0. The van der Waals surface area contributed by atoms with Crippen LogP contribution in [0.5, 0.6) is 0 Å². The maximum Gasteiger partial charge on any atom is 0.417 e. The number of imide groups is 1. The average molecular weight is 373 g/mol. The van der Waals surface area contributed by atoms with E-state index in [-0.39, 0.29) is 30.9 Å². The van der Waals surface area contributed by atoms with Crippen LogP contribution in [-0.2, 0) is 19.1 Å². The number of carbonyl (C=O) groups excluding carboxylic acids is 3. The number of rotatable bonds is 3. The van der Waals surface area contributed by atoms with Gasteiger partial charge in [-0.05, 0) is 31.7 Å². The second-order valence-corrected chi connectivity index (χ2v) is 8.91. The Hall–Kier alpha value is -2.37. The minimum Gasteiger partial charge on any atom is -0.460 e. The van der Waals surface area contributed by atoms with Crippen molar-refractivity contribution in [2.75, 3.05) is 6.61 Å². The zero-order valence-electron chi connectivity index (χ0n) is 16.5.